The smallest absolute Gasteiger partial charge is 0.244 e. The molecule has 0 radical (unpaired) electrons. The molecule has 1 aliphatic rings. The highest BCUT2D eigenvalue weighted by molar-refractivity contribution is 9.11. The minimum atomic E-state index is -3.36. The molecule has 114 valence electrons. The SMILES string of the molecule is CCNC1CCN(S(=O)(=O)c2cc(Br)sc2C)CC1C. The van der Waals surface area contributed by atoms with Crippen molar-refractivity contribution in [2.45, 2.75) is 38.1 Å². The van der Waals surface area contributed by atoms with Crippen molar-refractivity contribution in [3.05, 3.63) is 14.7 Å². The first-order chi connectivity index (χ1) is 9.36. The number of piperidine rings is 1. The molecule has 2 unspecified atom stereocenters. The van der Waals surface area contributed by atoms with Crippen LogP contribution in [0, 0.1) is 12.8 Å². The summed E-state index contributed by atoms with van der Waals surface area (Å²) in [6.07, 6.45) is 0.874. The highest BCUT2D eigenvalue weighted by atomic mass is 79.9. The number of halogens is 1. The molecule has 1 aromatic heterocycles. The van der Waals surface area contributed by atoms with Crippen molar-refractivity contribution in [2.24, 2.45) is 5.92 Å². The lowest BCUT2D eigenvalue weighted by atomic mass is 9.95. The molecule has 2 rings (SSSR count). The molecule has 4 nitrogen and oxygen atoms in total. The molecular formula is C13H21BrN2O2S2. The first-order valence-corrected chi connectivity index (χ1v) is 9.90. The number of thiophene rings is 1. The van der Waals surface area contributed by atoms with Crippen LogP contribution in [0.5, 0.6) is 0 Å². The third kappa shape index (κ3) is 3.27. The average molecular weight is 381 g/mol. The Balaban J connectivity index is 2.18. The van der Waals surface area contributed by atoms with Gasteiger partial charge in [0.1, 0.15) is 0 Å². The maximum absolute atomic E-state index is 12.7. The number of nitrogens with one attached hydrogen (secondary N) is 1. The molecule has 0 bridgehead atoms. The van der Waals surface area contributed by atoms with Crippen molar-refractivity contribution in [3.8, 4) is 0 Å². The molecule has 0 spiro atoms. The van der Waals surface area contributed by atoms with Gasteiger partial charge in [0, 0.05) is 24.0 Å². The minimum Gasteiger partial charge on any atom is -0.314 e. The van der Waals surface area contributed by atoms with Crippen molar-refractivity contribution in [1.29, 1.82) is 0 Å². The van der Waals surface area contributed by atoms with Crippen LogP contribution in [0.3, 0.4) is 0 Å². The number of nitrogens with zero attached hydrogens (tertiary/aromatic N) is 1. The molecule has 0 amide bonds. The second-order valence-corrected chi connectivity index (χ2v) is 9.81. The quantitative estimate of drug-likeness (QED) is 0.873. The first-order valence-electron chi connectivity index (χ1n) is 6.85. The van der Waals surface area contributed by atoms with Gasteiger partial charge in [-0.1, -0.05) is 13.8 Å². The fourth-order valence-corrected chi connectivity index (χ4v) is 6.66. The Hall–Kier alpha value is 0.0500. The monoisotopic (exact) mass is 380 g/mol. The summed E-state index contributed by atoms with van der Waals surface area (Å²) in [4.78, 5) is 1.29. The van der Waals surface area contributed by atoms with Gasteiger partial charge in [-0.15, -0.1) is 11.3 Å². The Morgan fingerprint density at radius 2 is 2.25 bits per heavy atom. The Kier molecular flexibility index (Phi) is 5.29. The van der Waals surface area contributed by atoms with Crippen LogP contribution in [0.1, 0.15) is 25.1 Å². The van der Waals surface area contributed by atoms with Crippen LogP contribution < -0.4 is 5.32 Å². The third-order valence-corrected chi connectivity index (χ3v) is 7.47. The fourth-order valence-electron chi connectivity index (χ4n) is 2.72. The molecule has 1 aromatic rings. The van der Waals surface area contributed by atoms with E-state index in [2.05, 4.69) is 35.1 Å². The van der Waals surface area contributed by atoms with E-state index in [9.17, 15) is 8.42 Å². The Morgan fingerprint density at radius 1 is 1.55 bits per heavy atom. The Labute approximate surface area is 133 Å². The summed E-state index contributed by atoms with van der Waals surface area (Å²) in [6.45, 7) is 8.17. The summed E-state index contributed by atoms with van der Waals surface area (Å²) in [7, 11) is -3.36. The van der Waals surface area contributed by atoms with Gasteiger partial charge < -0.3 is 5.32 Å². The van der Waals surface area contributed by atoms with Crippen molar-refractivity contribution >= 4 is 37.3 Å². The maximum Gasteiger partial charge on any atom is 0.244 e. The zero-order chi connectivity index (χ0) is 14.9. The van der Waals surface area contributed by atoms with Crippen LogP contribution in [0.2, 0.25) is 0 Å². The number of sulfonamides is 1. The van der Waals surface area contributed by atoms with E-state index in [0.29, 0.717) is 29.9 Å². The van der Waals surface area contributed by atoms with Gasteiger partial charge in [0.05, 0.1) is 8.68 Å². The van der Waals surface area contributed by atoms with Crippen molar-refractivity contribution in [1.82, 2.24) is 9.62 Å². The zero-order valence-electron chi connectivity index (χ0n) is 12.0. The first kappa shape index (κ1) is 16.4. The van der Waals surface area contributed by atoms with Gasteiger partial charge in [0.25, 0.3) is 0 Å². The Morgan fingerprint density at radius 3 is 2.75 bits per heavy atom. The van der Waals surface area contributed by atoms with Crippen LogP contribution >= 0.6 is 27.3 Å². The molecule has 1 N–H and O–H groups in total. The normalized spacial score (nSPS) is 25.0. The van der Waals surface area contributed by atoms with Crippen molar-refractivity contribution in [2.75, 3.05) is 19.6 Å². The number of aryl methyl sites for hydroxylation is 1. The summed E-state index contributed by atoms with van der Waals surface area (Å²) in [6, 6.07) is 2.14. The lowest BCUT2D eigenvalue weighted by Crippen LogP contribution is -2.50. The summed E-state index contributed by atoms with van der Waals surface area (Å²) >= 11 is 4.84. The van der Waals surface area contributed by atoms with E-state index in [1.807, 2.05) is 6.92 Å². The van der Waals surface area contributed by atoms with Crippen LogP contribution in [0.4, 0.5) is 0 Å². The van der Waals surface area contributed by atoms with Gasteiger partial charge in [-0.05, 0) is 47.8 Å². The predicted molar refractivity (Wildman–Crippen MR) is 86.8 cm³/mol. The highest BCUT2D eigenvalue weighted by Gasteiger charge is 2.34. The van der Waals surface area contributed by atoms with Gasteiger partial charge in [0.15, 0.2) is 0 Å². The molecule has 0 aliphatic carbocycles. The van der Waals surface area contributed by atoms with E-state index < -0.39 is 10.0 Å². The molecule has 20 heavy (non-hydrogen) atoms. The average Bonchev–Trinajstić information content (AvgIpc) is 2.72. The fraction of sp³-hybridized carbons (Fsp3) is 0.692. The topological polar surface area (TPSA) is 49.4 Å². The summed E-state index contributed by atoms with van der Waals surface area (Å²) in [5.74, 6) is 0.334. The molecule has 1 aliphatic heterocycles. The molecular weight excluding hydrogens is 360 g/mol. The van der Waals surface area contributed by atoms with Crippen LogP contribution in [0.15, 0.2) is 14.7 Å². The lowest BCUT2D eigenvalue weighted by Gasteiger charge is -2.36. The van der Waals surface area contributed by atoms with Crippen molar-refractivity contribution in [3.63, 3.8) is 0 Å². The third-order valence-electron chi connectivity index (χ3n) is 3.79. The van der Waals surface area contributed by atoms with Crippen LogP contribution in [-0.2, 0) is 10.0 Å². The molecule has 7 heteroatoms. The molecule has 1 saturated heterocycles. The second-order valence-electron chi connectivity index (χ2n) is 5.26. The van der Waals surface area contributed by atoms with E-state index in [1.54, 1.807) is 10.4 Å². The predicted octanol–water partition coefficient (Wildman–Crippen LogP) is 2.83. The van der Waals surface area contributed by atoms with E-state index >= 15 is 0 Å². The zero-order valence-corrected chi connectivity index (χ0v) is 15.2. The molecule has 0 saturated carbocycles. The Bertz CT molecular complexity index is 571. The van der Waals surface area contributed by atoms with E-state index in [-0.39, 0.29) is 0 Å². The standard InChI is InChI=1S/C13H21BrN2O2S2/c1-4-15-11-5-6-16(8-9(11)2)20(17,18)12-7-13(14)19-10(12)3/h7,9,11,15H,4-6,8H2,1-3H3. The number of hydrogen-bond acceptors (Lipinski definition) is 4. The van der Waals surface area contributed by atoms with Crippen molar-refractivity contribution < 1.29 is 8.42 Å². The van der Waals surface area contributed by atoms with Crippen LogP contribution in [-0.4, -0.2) is 38.4 Å². The second kappa shape index (κ2) is 6.44. The molecule has 2 atom stereocenters. The summed E-state index contributed by atoms with van der Waals surface area (Å²) in [5.41, 5.74) is 0. The van der Waals surface area contributed by atoms with Gasteiger partial charge in [-0.25, -0.2) is 8.42 Å². The highest BCUT2D eigenvalue weighted by Crippen LogP contribution is 2.33. The van der Waals surface area contributed by atoms with E-state index in [0.717, 1.165) is 21.6 Å². The van der Waals surface area contributed by atoms with E-state index in [4.69, 9.17) is 0 Å². The van der Waals surface area contributed by atoms with Gasteiger partial charge in [-0.3, -0.25) is 0 Å². The molecule has 2 heterocycles. The molecule has 0 aromatic carbocycles. The number of hydrogen-bond donors (Lipinski definition) is 1. The minimum absolute atomic E-state index is 0.334. The van der Waals surface area contributed by atoms with Crippen LogP contribution in [0.25, 0.3) is 0 Å². The summed E-state index contributed by atoms with van der Waals surface area (Å²) < 4.78 is 27.9. The lowest BCUT2D eigenvalue weighted by molar-refractivity contribution is 0.222. The number of rotatable bonds is 4. The largest absolute Gasteiger partial charge is 0.314 e. The van der Waals surface area contributed by atoms with Gasteiger partial charge in [-0.2, -0.15) is 4.31 Å². The van der Waals surface area contributed by atoms with Gasteiger partial charge in [0.2, 0.25) is 10.0 Å². The molecule has 1 fully saturated rings. The maximum atomic E-state index is 12.7. The van der Waals surface area contributed by atoms with Gasteiger partial charge >= 0.3 is 0 Å². The summed E-state index contributed by atoms with van der Waals surface area (Å²) in [5, 5.41) is 3.43. The van der Waals surface area contributed by atoms with E-state index in [1.165, 1.54) is 11.3 Å².